The van der Waals surface area contributed by atoms with Gasteiger partial charge in [0.2, 0.25) is 0 Å². The fraction of sp³-hybridized carbons (Fsp3) is 0.600. The Morgan fingerprint density at radius 1 is 1.05 bits per heavy atom. The first-order chi connectivity index (χ1) is 9.33. The summed E-state index contributed by atoms with van der Waals surface area (Å²) in [5.74, 6) is 1.53. The van der Waals surface area contributed by atoms with Gasteiger partial charge in [0.05, 0.1) is 6.10 Å². The lowest BCUT2D eigenvalue weighted by Crippen LogP contribution is -2.33. The molecule has 0 bridgehead atoms. The molecule has 1 aromatic rings. The zero-order valence-electron chi connectivity index (χ0n) is 11.2. The monoisotopic (exact) mass is 263 g/mol. The normalized spacial score (nSPS) is 21.1. The quantitative estimate of drug-likeness (QED) is 0.905. The minimum Gasteiger partial charge on any atom is -0.486 e. The first-order valence-corrected chi connectivity index (χ1v) is 7.13. The zero-order chi connectivity index (χ0) is 13.1. The number of ether oxygens (including phenoxy) is 2. The molecule has 2 aliphatic rings. The third-order valence-electron chi connectivity index (χ3n) is 3.83. The Kier molecular flexibility index (Phi) is 3.89. The molecular weight excluding hydrogens is 242 g/mol. The Morgan fingerprint density at radius 2 is 1.79 bits per heavy atom. The molecule has 0 aliphatic carbocycles. The predicted octanol–water partition coefficient (Wildman–Crippen LogP) is 1.98. The second-order valence-corrected chi connectivity index (χ2v) is 5.28. The zero-order valence-corrected chi connectivity index (χ0v) is 11.2. The summed E-state index contributed by atoms with van der Waals surface area (Å²) in [4.78, 5) is 2.34. The topological polar surface area (TPSA) is 41.9 Å². The van der Waals surface area contributed by atoms with Crippen molar-refractivity contribution in [3.8, 4) is 11.5 Å². The third-order valence-corrected chi connectivity index (χ3v) is 3.83. The van der Waals surface area contributed by atoms with Crippen LogP contribution >= 0.6 is 0 Å². The highest BCUT2D eigenvalue weighted by molar-refractivity contribution is 5.44. The van der Waals surface area contributed by atoms with Crippen LogP contribution in [-0.4, -0.2) is 42.9 Å². The van der Waals surface area contributed by atoms with Crippen molar-refractivity contribution >= 4 is 0 Å². The van der Waals surface area contributed by atoms with Gasteiger partial charge in [-0.2, -0.15) is 0 Å². The summed E-state index contributed by atoms with van der Waals surface area (Å²) in [6, 6.07) is 5.73. The first-order valence-electron chi connectivity index (χ1n) is 7.13. The SMILES string of the molecule is OC(CN1CCCCC1)c1ccc2c(c1)OCCO2. The highest BCUT2D eigenvalue weighted by Crippen LogP contribution is 2.32. The van der Waals surface area contributed by atoms with E-state index < -0.39 is 6.10 Å². The smallest absolute Gasteiger partial charge is 0.161 e. The molecule has 2 heterocycles. The molecule has 1 saturated heterocycles. The van der Waals surface area contributed by atoms with E-state index in [1.165, 1.54) is 19.3 Å². The molecular formula is C15H21NO3. The van der Waals surface area contributed by atoms with Gasteiger partial charge in [-0.15, -0.1) is 0 Å². The average Bonchev–Trinajstić information content (AvgIpc) is 2.48. The molecule has 0 amide bonds. The van der Waals surface area contributed by atoms with E-state index in [4.69, 9.17) is 9.47 Å². The summed E-state index contributed by atoms with van der Waals surface area (Å²) in [7, 11) is 0. The van der Waals surface area contributed by atoms with E-state index in [0.29, 0.717) is 19.8 Å². The number of aliphatic hydroxyl groups excluding tert-OH is 1. The Balaban J connectivity index is 1.67. The van der Waals surface area contributed by atoms with Gasteiger partial charge in [-0.1, -0.05) is 12.5 Å². The highest BCUT2D eigenvalue weighted by Gasteiger charge is 2.18. The van der Waals surface area contributed by atoms with Crippen molar-refractivity contribution in [1.29, 1.82) is 0 Å². The van der Waals surface area contributed by atoms with Crippen molar-refractivity contribution < 1.29 is 14.6 Å². The van der Waals surface area contributed by atoms with Gasteiger partial charge >= 0.3 is 0 Å². The molecule has 1 aromatic carbocycles. The van der Waals surface area contributed by atoms with Crippen molar-refractivity contribution in [3.63, 3.8) is 0 Å². The van der Waals surface area contributed by atoms with Crippen LogP contribution in [0, 0.1) is 0 Å². The van der Waals surface area contributed by atoms with Gasteiger partial charge in [0.1, 0.15) is 13.2 Å². The van der Waals surface area contributed by atoms with Crippen LogP contribution in [0.25, 0.3) is 0 Å². The number of hydrogen-bond donors (Lipinski definition) is 1. The minimum atomic E-state index is -0.450. The lowest BCUT2D eigenvalue weighted by Gasteiger charge is -2.29. The molecule has 3 rings (SSSR count). The third kappa shape index (κ3) is 3.01. The number of aliphatic hydroxyl groups is 1. The van der Waals surface area contributed by atoms with Gasteiger partial charge in [0.15, 0.2) is 11.5 Å². The van der Waals surface area contributed by atoms with Crippen LogP contribution < -0.4 is 9.47 Å². The lowest BCUT2D eigenvalue weighted by atomic mass is 10.1. The number of likely N-dealkylation sites (tertiary alicyclic amines) is 1. The Hall–Kier alpha value is -1.26. The molecule has 2 aliphatic heterocycles. The van der Waals surface area contributed by atoms with E-state index in [1.54, 1.807) is 0 Å². The molecule has 4 nitrogen and oxygen atoms in total. The number of β-amino-alcohol motifs (C(OH)–C–C–N with tert-alkyl or cyclic N) is 1. The van der Waals surface area contributed by atoms with E-state index in [0.717, 1.165) is 30.2 Å². The van der Waals surface area contributed by atoms with Crippen LogP contribution in [0.3, 0.4) is 0 Å². The molecule has 1 unspecified atom stereocenters. The minimum absolute atomic E-state index is 0.450. The highest BCUT2D eigenvalue weighted by atomic mass is 16.6. The fourth-order valence-electron chi connectivity index (χ4n) is 2.76. The largest absolute Gasteiger partial charge is 0.486 e. The van der Waals surface area contributed by atoms with E-state index >= 15 is 0 Å². The number of nitrogens with zero attached hydrogens (tertiary/aromatic N) is 1. The second-order valence-electron chi connectivity index (χ2n) is 5.28. The molecule has 104 valence electrons. The van der Waals surface area contributed by atoms with Crippen LogP contribution in [0.1, 0.15) is 30.9 Å². The van der Waals surface area contributed by atoms with Gasteiger partial charge in [-0.25, -0.2) is 0 Å². The molecule has 4 heteroatoms. The first kappa shape index (κ1) is 12.8. The Labute approximate surface area is 113 Å². The molecule has 0 radical (unpaired) electrons. The molecule has 0 saturated carbocycles. The Morgan fingerprint density at radius 3 is 2.58 bits per heavy atom. The van der Waals surface area contributed by atoms with Gasteiger partial charge < -0.3 is 19.5 Å². The molecule has 1 N–H and O–H groups in total. The van der Waals surface area contributed by atoms with Crippen molar-refractivity contribution in [2.75, 3.05) is 32.8 Å². The van der Waals surface area contributed by atoms with Crippen molar-refractivity contribution in [2.24, 2.45) is 0 Å². The van der Waals surface area contributed by atoms with Gasteiger partial charge in [-0.05, 0) is 43.6 Å². The predicted molar refractivity (Wildman–Crippen MR) is 72.7 cm³/mol. The van der Waals surface area contributed by atoms with Crippen LogP contribution in [0.15, 0.2) is 18.2 Å². The van der Waals surface area contributed by atoms with E-state index in [-0.39, 0.29) is 0 Å². The van der Waals surface area contributed by atoms with Crippen LogP contribution in [0.2, 0.25) is 0 Å². The van der Waals surface area contributed by atoms with Gasteiger partial charge in [0, 0.05) is 6.54 Å². The van der Waals surface area contributed by atoms with E-state index in [2.05, 4.69) is 4.90 Å². The maximum atomic E-state index is 10.3. The number of rotatable bonds is 3. The van der Waals surface area contributed by atoms with Crippen molar-refractivity contribution in [1.82, 2.24) is 4.90 Å². The van der Waals surface area contributed by atoms with Gasteiger partial charge in [-0.3, -0.25) is 0 Å². The summed E-state index contributed by atoms with van der Waals surface area (Å²) in [6.45, 7) is 4.09. The summed E-state index contributed by atoms with van der Waals surface area (Å²) in [5.41, 5.74) is 0.912. The summed E-state index contributed by atoms with van der Waals surface area (Å²) >= 11 is 0. The van der Waals surface area contributed by atoms with E-state index in [1.807, 2.05) is 18.2 Å². The summed E-state index contributed by atoms with van der Waals surface area (Å²) < 4.78 is 11.0. The lowest BCUT2D eigenvalue weighted by molar-refractivity contribution is 0.101. The molecule has 19 heavy (non-hydrogen) atoms. The van der Waals surface area contributed by atoms with E-state index in [9.17, 15) is 5.11 Å². The molecule has 1 atom stereocenters. The van der Waals surface area contributed by atoms with Crippen molar-refractivity contribution in [2.45, 2.75) is 25.4 Å². The molecule has 0 spiro atoms. The molecule has 1 fully saturated rings. The molecule has 0 aromatic heterocycles. The number of piperidine rings is 1. The second kappa shape index (κ2) is 5.80. The maximum Gasteiger partial charge on any atom is 0.161 e. The maximum absolute atomic E-state index is 10.3. The average molecular weight is 263 g/mol. The summed E-state index contributed by atoms with van der Waals surface area (Å²) in [6.07, 6.45) is 3.35. The number of hydrogen-bond acceptors (Lipinski definition) is 4. The standard InChI is InChI=1S/C15H21NO3/c17-13(11-16-6-2-1-3-7-16)12-4-5-14-15(10-12)19-9-8-18-14/h4-5,10,13,17H,1-3,6-9,11H2. The van der Waals surface area contributed by atoms with Crippen molar-refractivity contribution in [3.05, 3.63) is 23.8 Å². The van der Waals surface area contributed by atoms with Crippen LogP contribution in [0.5, 0.6) is 11.5 Å². The fourth-order valence-corrected chi connectivity index (χ4v) is 2.76. The number of fused-ring (bicyclic) bond motifs is 1. The van der Waals surface area contributed by atoms with Crippen LogP contribution in [-0.2, 0) is 0 Å². The van der Waals surface area contributed by atoms with Gasteiger partial charge in [0.25, 0.3) is 0 Å². The Bertz CT molecular complexity index is 429. The van der Waals surface area contributed by atoms with Crippen LogP contribution in [0.4, 0.5) is 0 Å². The number of benzene rings is 1. The summed E-state index contributed by atoms with van der Waals surface area (Å²) in [5, 5.41) is 10.3.